The molecule has 1 unspecified atom stereocenters. The van der Waals surface area contributed by atoms with Crippen LogP contribution in [0.15, 0.2) is 54.4 Å². The second kappa shape index (κ2) is 13.5. The second-order valence-electron chi connectivity index (χ2n) is 10.3. The quantitative estimate of drug-likeness (QED) is 0.357. The number of halogens is 2. The third-order valence-corrected chi connectivity index (χ3v) is 7.56. The van der Waals surface area contributed by atoms with Gasteiger partial charge in [-0.05, 0) is 87.7 Å². The van der Waals surface area contributed by atoms with Crippen LogP contribution in [0.2, 0.25) is 10.0 Å². The van der Waals surface area contributed by atoms with E-state index in [1.807, 2.05) is 36.4 Å². The number of rotatable bonds is 8. The molecule has 0 saturated carbocycles. The minimum atomic E-state index is -0.0974. The Kier molecular flexibility index (Phi) is 10.1. The first-order valence-electron chi connectivity index (χ1n) is 13.4. The molecule has 2 aromatic carbocycles. The van der Waals surface area contributed by atoms with Gasteiger partial charge in [0.15, 0.2) is 0 Å². The Balaban J connectivity index is 1.39. The van der Waals surface area contributed by atoms with Gasteiger partial charge in [0, 0.05) is 59.1 Å². The Morgan fingerprint density at radius 2 is 1.81 bits per heavy atom. The van der Waals surface area contributed by atoms with Gasteiger partial charge in [0.1, 0.15) is 5.82 Å². The van der Waals surface area contributed by atoms with Crippen LogP contribution in [-0.2, 0) is 6.42 Å². The van der Waals surface area contributed by atoms with Crippen LogP contribution in [0, 0.1) is 0 Å². The molecule has 0 spiro atoms. The zero-order valence-electron chi connectivity index (χ0n) is 21.8. The third kappa shape index (κ3) is 8.37. The van der Waals surface area contributed by atoms with Gasteiger partial charge in [0.05, 0.1) is 0 Å². The summed E-state index contributed by atoms with van der Waals surface area (Å²) in [5.74, 6) is 1.04. The molecule has 8 heteroatoms. The lowest BCUT2D eigenvalue weighted by atomic mass is 10.1. The van der Waals surface area contributed by atoms with E-state index in [4.69, 9.17) is 23.2 Å². The van der Waals surface area contributed by atoms with Gasteiger partial charge in [-0.25, -0.2) is 0 Å². The van der Waals surface area contributed by atoms with Crippen molar-refractivity contribution < 1.29 is 4.79 Å². The van der Waals surface area contributed by atoms with E-state index in [0.29, 0.717) is 46.7 Å². The first kappa shape index (κ1) is 27.8. The first-order chi connectivity index (χ1) is 17.9. The van der Waals surface area contributed by atoms with Crippen LogP contribution in [0.1, 0.15) is 55.5 Å². The van der Waals surface area contributed by atoms with Crippen LogP contribution in [0.3, 0.4) is 0 Å². The molecule has 2 aliphatic heterocycles. The molecule has 2 aliphatic rings. The molecule has 0 radical (unpaired) electrons. The zero-order chi connectivity index (χ0) is 26.2. The second-order valence-corrected chi connectivity index (χ2v) is 11.1. The lowest BCUT2D eigenvalue weighted by molar-refractivity contribution is 0.0954. The van der Waals surface area contributed by atoms with Crippen molar-refractivity contribution >= 4 is 34.8 Å². The number of benzene rings is 2. The van der Waals surface area contributed by atoms with Crippen molar-refractivity contribution in [3.05, 3.63) is 75.5 Å². The monoisotopic (exact) mass is 543 g/mol. The van der Waals surface area contributed by atoms with E-state index in [0.717, 1.165) is 43.1 Å². The SMILES string of the molecule is C[C@@H]1CN(C(=CC2CCCCCN2)Nc2ccc(C(=O)NCCc3ccc(Cl)cc3Cl)cc2)C[C@H](C)N1. The van der Waals surface area contributed by atoms with Gasteiger partial charge in [0.2, 0.25) is 0 Å². The highest BCUT2D eigenvalue weighted by Crippen LogP contribution is 2.22. The number of hydrogen-bond acceptors (Lipinski definition) is 5. The molecule has 37 heavy (non-hydrogen) atoms. The standard InChI is InChI=1S/C29H39Cl2N5O/c1-20-18-36(19-21(2)34-20)28(17-26-6-4-3-5-14-32-26)35-25-11-8-23(9-12-25)29(37)33-15-13-22-7-10-24(30)16-27(22)31/h7-12,16-17,20-21,26,32,34-35H,3-6,13-15,18-19H2,1-2H3,(H,33,37)/t20-,21+,26?. The van der Waals surface area contributed by atoms with E-state index in [1.165, 1.54) is 19.3 Å². The number of hydrogen-bond donors (Lipinski definition) is 4. The molecule has 2 fully saturated rings. The minimum absolute atomic E-state index is 0.0974. The number of piperazine rings is 1. The number of nitrogens with one attached hydrogen (secondary N) is 4. The van der Waals surface area contributed by atoms with E-state index in [9.17, 15) is 4.79 Å². The molecular formula is C29H39Cl2N5O. The zero-order valence-corrected chi connectivity index (χ0v) is 23.3. The molecule has 0 aromatic heterocycles. The predicted molar refractivity (Wildman–Crippen MR) is 155 cm³/mol. The van der Waals surface area contributed by atoms with Crippen LogP contribution in [0.4, 0.5) is 5.69 Å². The smallest absolute Gasteiger partial charge is 0.251 e. The van der Waals surface area contributed by atoms with Crippen molar-refractivity contribution in [1.29, 1.82) is 0 Å². The normalized spacial score (nSPS) is 22.9. The van der Waals surface area contributed by atoms with Crippen molar-refractivity contribution in [2.75, 3.05) is 31.5 Å². The van der Waals surface area contributed by atoms with Gasteiger partial charge in [-0.2, -0.15) is 0 Å². The van der Waals surface area contributed by atoms with E-state index in [2.05, 4.69) is 46.1 Å². The van der Waals surface area contributed by atoms with Crippen LogP contribution in [0.5, 0.6) is 0 Å². The van der Waals surface area contributed by atoms with Crippen molar-refractivity contribution in [2.45, 2.75) is 64.1 Å². The van der Waals surface area contributed by atoms with Crippen LogP contribution in [0.25, 0.3) is 0 Å². The summed E-state index contributed by atoms with van der Waals surface area (Å²) >= 11 is 12.2. The van der Waals surface area contributed by atoms with Crippen molar-refractivity contribution in [3.8, 4) is 0 Å². The van der Waals surface area contributed by atoms with Crippen molar-refractivity contribution in [2.24, 2.45) is 0 Å². The average molecular weight is 545 g/mol. The van der Waals surface area contributed by atoms with Gasteiger partial charge in [-0.3, -0.25) is 4.79 Å². The molecule has 2 saturated heterocycles. The first-order valence-corrected chi connectivity index (χ1v) is 14.2. The van der Waals surface area contributed by atoms with E-state index < -0.39 is 0 Å². The topological polar surface area (TPSA) is 68.4 Å². The van der Waals surface area contributed by atoms with Crippen LogP contribution in [-0.4, -0.2) is 55.1 Å². The molecule has 3 atom stereocenters. The maximum Gasteiger partial charge on any atom is 0.251 e. The van der Waals surface area contributed by atoms with E-state index >= 15 is 0 Å². The average Bonchev–Trinajstić information content (AvgIpc) is 3.13. The van der Waals surface area contributed by atoms with E-state index in [1.54, 1.807) is 6.07 Å². The van der Waals surface area contributed by atoms with Crippen LogP contribution >= 0.6 is 23.2 Å². The Bertz CT molecular complexity index is 1060. The highest BCUT2D eigenvalue weighted by atomic mass is 35.5. The number of amides is 1. The summed E-state index contributed by atoms with van der Waals surface area (Å²) in [7, 11) is 0. The van der Waals surface area contributed by atoms with Gasteiger partial charge in [-0.1, -0.05) is 42.1 Å². The van der Waals surface area contributed by atoms with Gasteiger partial charge < -0.3 is 26.2 Å². The Labute approximate surface area is 231 Å². The predicted octanol–water partition coefficient (Wildman–Crippen LogP) is 5.43. The summed E-state index contributed by atoms with van der Waals surface area (Å²) in [6, 6.07) is 14.3. The molecule has 1 amide bonds. The molecule has 2 heterocycles. The van der Waals surface area contributed by atoms with Crippen molar-refractivity contribution in [3.63, 3.8) is 0 Å². The highest BCUT2D eigenvalue weighted by Gasteiger charge is 2.24. The molecule has 200 valence electrons. The molecule has 4 N–H and O–H groups in total. The molecular weight excluding hydrogens is 505 g/mol. The minimum Gasteiger partial charge on any atom is -0.355 e. The number of anilines is 1. The summed E-state index contributed by atoms with van der Waals surface area (Å²) in [5, 5.41) is 15.2. The van der Waals surface area contributed by atoms with Crippen molar-refractivity contribution in [1.82, 2.24) is 20.9 Å². The third-order valence-electron chi connectivity index (χ3n) is 6.97. The molecule has 4 rings (SSSR count). The highest BCUT2D eigenvalue weighted by molar-refractivity contribution is 6.35. The molecule has 0 aliphatic carbocycles. The fourth-order valence-electron chi connectivity index (χ4n) is 5.13. The lowest BCUT2D eigenvalue weighted by Crippen LogP contribution is -2.54. The Hall–Kier alpha value is -2.25. The van der Waals surface area contributed by atoms with Gasteiger partial charge in [-0.15, -0.1) is 0 Å². The maximum atomic E-state index is 12.7. The maximum absolute atomic E-state index is 12.7. The summed E-state index contributed by atoms with van der Waals surface area (Å²) < 4.78 is 0. The molecule has 0 bridgehead atoms. The summed E-state index contributed by atoms with van der Waals surface area (Å²) in [4.78, 5) is 15.1. The summed E-state index contributed by atoms with van der Waals surface area (Å²) in [6.07, 6.45) is 7.95. The number of carbonyl (C=O) groups is 1. The van der Waals surface area contributed by atoms with Crippen LogP contribution < -0.4 is 21.3 Å². The lowest BCUT2D eigenvalue weighted by Gasteiger charge is -2.39. The Morgan fingerprint density at radius 1 is 1.05 bits per heavy atom. The number of nitrogens with zero attached hydrogens (tertiary/aromatic N) is 1. The summed E-state index contributed by atoms with van der Waals surface area (Å²) in [5.41, 5.74) is 2.57. The number of carbonyl (C=O) groups excluding carboxylic acids is 1. The fraction of sp³-hybridized carbons (Fsp3) is 0.483. The summed E-state index contributed by atoms with van der Waals surface area (Å²) in [6.45, 7) is 7.94. The largest absolute Gasteiger partial charge is 0.355 e. The Morgan fingerprint density at radius 3 is 2.54 bits per heavy atom. The van der Waals surface area contributed by atoms with Gasteiger partial charge >= 0.3 is 0 Å². The van der Waals surface area contributed by atoms with E-state index in [-0.39, 0.29) is 5.91 Å². The molecule has 6 nitrogen and oxygen atoms in total. The molecule has 2 aromatic rings. The van der Waals surface area contributed by atoms with Gasteiger partial charge in [0.25, 0.3) is 5.91 Å². The fourth-order valence-corrected chi connectivity index (χ4v) is 5.63.